The van der Waals surface area contributed by atoms with Gasteiger partial charge in [0.1, 0.15) is 0 Å². The largest absolute Gasteiger partial charge is 0.315 e. The van der Waals surface area contributed by atoms with Crippen LogP contribution >= 0.6 is 15.9 Å². The van der Waals surface area contributed by atoms with Gasteiger partial charge in [-0.3, -0.25) is 0 Å². The van der Waals surface area contributed by atoms with E-state index in [2.05, 4.69) is 21.2 Å². The molecule has 62 valence electrons. The molecule has 0 heterocycles. The van der Waals surface area contributed by atoms with Gasteiger partial charge in [-0.25, -0.2) is 0 Å². The van der Waals surface area contributed by atoms with E-state index in [1.54, 1.807) is 0 Å². The summed E-state index contributed by atoms with van der Waals surface area (Å²) in [5, 5.41) is 11.9. The number of rotatable bonds is 3. The fourth-order valence-electron chi connectivity index (χ4n) is 0.974. The number of hydrogen-bond donors (Lipinski definition) is 1. The molecule has 0 aliphatic heterocycles. The van der Waals surface area contributed by atoms with Crippen LogP contribution in [0.1, 0.15) is 11.6 Å². The molecule has 1 rings (SSSR count). The number of hydrogen-bond acceptors (Lipinski definition) is 2. The number of nitrogens with one attached hydrogen (secondary N) is 1. The molecule has 1 aromatic rings. The van der Waals surface area contributed by atoms with Gasteiger partial charge in [0, 0.05) is 5.33 Å². The molecule has 12 heavy (non-hydrogen) atoms. The predicted octanol–water partition coefficient (Wildman–Crippen LogP) is 2.19. The number of benzene rings is 1. The minimum absolute atomic E-state index is 0.0798. The van der Waals surface area contributed by atoms with Crippen LogP contribution in [0.4, 0.5) is 0 Å². The molecule has 1 unspecified atom stereocenters. The normalized spacial score (nSPS) is 11.7. The fraction of sp³-hybridized carbons (Fsp3) is 0.222. The van der Waals surface area contributed by atoms with Gasteiger partial charge in [0.2, 0.25) is 0 Å². The molecular weight excluding hydrogens is 216 g/mol. The van der Waals surface area contributed by atoms with Crippen molar-refractivity contribution >= 4 is 15.9 Å². The third kappa shape index (κ3) is 2.24. The molecule has 1 aromatic carbocycles. The zero-order valence-electron chi connectivity index (χ0n) is 6.50. The zero-order chi connectivity index (χ0) is 8.81. The lowest BCUT2D eigenvalue weighted by Gasteiger charge is -2.11. The number of nitriles is 1. The van der Waals surface area contributed by atoms with E-state index in [0.29, 0.717) is 0 Å². The average Bonchev–Trinajstić information content (AvgIpc) is 2.15. The summed E-state index contributed by atoms with van der Waals surface area (Å²) in [4.78, 5) is 0. The molecule has 0 saturated heterocycles. The van der Waals surface area contributed by atoms with Gasteiger partial charge in [0.15, 0.2) is 6.19 Å². The Hall–Kier alpha value is -1.01. The Morgan fingerprint density at radius 1 is 1.42 bits per heavy atom. The SMILES string of the molecule is N#CNC(CBr)c1ccccc1. The molecule has 0 fully saturated rings. The molecule has 0 aliphatic rings. The first-order chi connectivity index (χ1) is 5.88. The van der Waals surface area contributed by atoms with Crippen molar-refractivity contribution in [1.29, 1.82) is 5.26 Å². The van der Waals surface area contributed by atoms with Gasteiger partial charge < -0.3 is 5.32 Å². The van der Waals surface area contributed by atoms with E-state index in [4.69, 9.17) is 5.26 Å². The highest BCUT2D eigenvalue weighted by molar-refractivity contribution is 9.09. The molecule has 3 heteroatoms. The second kappa shape index (κ2) is 4.78. The molecule has 0 aromatic heterocycles. The highest BCUT2D eigenvalue weighted by Crippen LogP contribution is 2.13. The summed E-state index contributed by atoms with van der Waals surface area (Å²) in [6.45, 7) is 0. The molecule has 1 N–H and O–H groups in total. The minimum Gasteiger partial charge on any atom is -0.315 e. The van der Waals surface area contributed by atoms with E-state index in [9.17, 15) is 0 Å². The fourth-order valence-corrected chi connectivity index (χ4v) is 1.51. The maximum Gasteiger partial charge on any atom is 0.177 e. The average molecular weight is 225 g/mol. The van der Waals surface area contributed by atoms with Crippen LogP contribution in [0.3, 0.4) is 0 Å². The molecule has 0 saturated carbocycles. The molecule has 0 spiro atoms. The minimum atomic E-state index is 0.0798. The summed E-state index contributed by atoms with van der Waals surface area (Å²) in [5.74, 6) is 0. The van der Waals surface area contributed by atoms with E-state index in [-0.39, 0.29) is 6.04 Å². The quantitative estimate of drug-likeness (QED) is 0.486. The molecule has 0 amide bonds. The topological polar surface area (TPSA) is 35.8 Å². The highest BCUT2D eigenvalue weighted by atomic mass is 79.9. The lowest BCUT2D eigenvalue weighted by molar-refractivity contribution is 0.712. The van der Waals surface area contributed by atoms with Gasteiger partial charge in [-0.15, -0.1) is 0 Å². The van der Waals surface area contributed by atoms with Crippen LogP contribution in [0, 0.1) is 11.5 Å². The first-order valence-corrected chi connectivity index (χ1v) is 4.76. The Bertz CT molecular complexity index is 266. The van der Waals surface area contributed by atoms with Crippen molar-refractivity contribution < 1.29 is 0 Å². The van der Waals surface area contributed by atoms with Crippen molar-refractivity contribution in [3.05, 3.63) is 35.9 Å². The first kappa shape index (κ1) is 9.08. The smallest absolute Gasteiger partial charge is 0.177 e. The predicted molar refractivity (Wildman–Crippen MR) is 51.7 cm³/mol. The van der Waals surface area contributed by atoms with E-state index >= 15 is 0 Å². The summed E-state index contributed by atoms with van der Waals surface area (Å²) in [7, 11) is 0. The lowest BCUT2D eigenvalue weighted by atomic mass is 10.1. The summed E-state index contributed by atoms with van der Waals surface area (Å²) >= 11 is 3.34. The molecule has 2 nitrogen and oxygen atoms in total. The number of nitrogens with zero attached hydrogens (tertiary/aromatic N) is 1. The summed E-state index contributed by atoms with van der Waals surface area (Å²) in [6, 6.07) is 9.96. The van der Waals surface area contributed by atoms with Crippen LogP contribution in [0.15, 0.2) is 30.3 Å². The standard InChI is InChI=1S/C9H9BrN2/c10-6-9(12-7-11)8-4-2-1-3-5-8/h1-5,9,12H,6H2. The van der Waals surface area contributed by atoms with Crippen LogP contribution < -0.4 is 5.32 Å². The highest BCUT2D eigenvalue weighted by Gasteiger charge is 2.06. The maximum absolute atomic E-state index is 8.45. The van der Waals surface area contributed by atoms with Crippen LogP contribution in [0.25, 0.3) is 0 Å². The third-order valence-corrected chi connectivity index (χ3v) is 2.24. The van der Waals surface area contributed by atoms with Crippen LogP contribution in [-0.4, -0.2) is 5.33 Å². The summed E-state index contributed by atoms with van der Waals surface area (Å²) < 4.78 is 0. The van der Waals surface area contributed by atoms with E-state index in [1.807, 2.05) is 36.5 Å². The monoisotopic (exact) mass is 224 g/mol. The summed E-state index contributed by atoms with van der Waals surface area (Å²) in [5.41, 5.74) is 1.12. The van der Waals surface area contributed by atoms with Gasteiger partial charge in [-0.1, -0.05) is 46.3 Å². The van der Waals surface area contributed by atoms with E-state index in [0.717, 1.165) is 10.9 Å². The Morgan fingerprint density at radius 3 is 2.58 bits per heavy atom. The molecule has 1 atom stereocenters. The Balaban J connectivity index is 2.75. The molecule has 0 radical (unpaired) electrons. The molecular formula is C9H9BrN2. The van der Waals surface area contributed by atoms with Crippen molar-refractivity contribution in [1.82, 2.24) is 5.32 Å². The molecule has 0 bridgehead atoms. The van der Waals surface area contributed by atoms with Crippen molar-refractivity contribution in [3.8, 4) is 6.19 Å². The Morgan fingerprint density at radius 2 is 2.08 bits per heavy atom. The third-order valence-electron chi connectivity index (χ3n) is 1.60. The van der Waals surface area contributed by atoms with Crippen LogP contribution in [-0.2, 0) is 0 Å². The van der Waals surface area contributed by atoms with Gasteiger partial charge in [0.25, 0.3) is 0 Å². The molecule has 0 aliphatic carbocycles. The van der Waals surface area contributed by atoms with E-state index < -0.39 is 0 Å². The maximum atomic E-state index is 8.45. The first-order valence-electron chi connectivity index (χ1n) is 3.64. The van der Waals surface area contributed by atoms with Gasteiger partial charge in [-0.2, -0.15) is 5.26 Å². The van der Waals surface area contributed by atoms with Gasteiger partial charge in [-0.05, 0) is 5.56 Å². The van der Waals surface area contributed by atoms with E-state index in [1.165, 1.54) is 0 Å². The number of halogens is 1. The van der Waals surface area contributed by atoms with Gasteiger partial charge in [0.05, 0.1) is 6.04 Å². The van der Waals surface area contributed by atoms with Crippen molar-refractivity contribution in [2.45, 2.75) is 6.04 Å². The van der Waals surface area contributed by atoms with Crippen molar-refractivity contribution in [3.63, 3.8) is 0 Å². The van der Waals surface area contributed by atoms with Crippen LogP contribution in [0.5, 0.6) is 0 Å². The summed E-state index contributed by atoms with van der Waals surface area (Å²) in [6.07, 6.45) is 1.94. The van der Waals surface area contributed by atoms with Crippen molar-refractivity contribution in [2.24, 2.45) is 0 Å². The van der Waals surface area contributed by atoms with Gasteiger partial charge >= 0.3 is 0 Å². The lowest BCUT2D eigenvalue weighted by Crippen LogP contribution is -2.16. The van der Waals surface area contributed by atoms with Crippen molar-refractivity contribution in [2.75, 3.05) is 5.33 Å². The Kier molecular flexibility index (Phi) is 3.62. The second-order valence-electron chi connectivity index (χ2n) is 2.37. The second-order valence-corrected chi connectivity index (χ2v) is 3.02. The zero-order valence-corrected chi connectivity index (χ0v) is 8.08. The number of alkyl halides is 1. The van der Waals surface area contributed by atoms with Crippen LogP contribution in [0.2, 0.25) is 0 Å². The Labute approximate surface area is 80.3 Å².